The molecule has 0 aliphatic heterocycles. The van der Waals surface area contributed by atoms with E-state index in [2.05, 4.69) is 18.8 Å². The molecule has 3 rings (SSSR count). The first-order valence-corrected chi connectivity index (χ1v) is 13.1. The van der Waals surface area contributed by atoms with Gasteiger partial charge in [0.25, 0.3) is 0 Å². The van der Waals surface area contributed by atoms with Crippen molar-refractivity contribution in [1.29, 1.82) is 0 Å². The molecule has 0 fully saturated rings. The third kappa shape index (κ3) is 9.29. The van der Waals surface area contributed by atoms with Gasteiger partial charge in [-0.15, -0.1) is 0 Å². The van der Waals surface area contributed by atoms with Crippen molar-refractivity contribution < 1.29 is 14.3 Å². The Morgan fingerprint density at radius 1 is 0.743 bits per heavy atom. The number of aromatic nitrogens is 1. The molecular formula is C31H39NO3. The van der Waals surface area contributed by atoms with Crippen molar-refractivity contribution in [2.24, 2.45) is 0 Å². The summed E-state index contributed by atoms with van der Waals surface area (Å²) in [7, 11) is 0. The maximum Gasteiger partial charge on any atom is 0.343 e. The zero-order valence-electron chi connectivity index (χ0n) is 21.3. The molecule has 0 unspecified atom stereocenters. The van der Waals surface area contributed by atoms with Crippen LogP contribution >= 0.6 is 0 Å². The summed E-state index contributed by atoms with van der Waals surface area (Å²) in [5.74, 6) is 0.194. The highest BCUT2D eigenvalue weighted by atomic mass is 16.5. The van der Waals surface area contributed by atoms with Crippen LogP contribution in [0.1, 0.15) is 86.8 Å². The van der Waals surface area contributed by atoms with Crippen molar-refractivity contribution in [2.75, 3.05) is 6.61 Å². The van der Waals surface area contributed by atoms with Gasteiger partial charge >= 0.3 is 5.97 Å². The largest absolute Gasteiger partial charge is 0.423 e. The van der Waals surface area contributed by atoms with E-state index in [4.69, 9.17) is 9.47 Å². The summed E-state index contributed by atoms with van der Waals surface area (Å²) >= 11 is 0. The van der Waals surface area contributed by atoms with Gasteiger partial charge in [-0.05, 0) is 60.7 Å². The van der Waals surface area contributed by atoms with E-state index in [-0.39, 0.29) is 5.97 Å². The van der Waals surface area contributed by atoms with Crippen molar-refractivity contribution in [3.63, 3.8) is 0 Å². The van der Waals surface area contributed by atoms with E-state index in [1.54, 1.807) is 0 Å². The third-order valence-electron chi connectivity index (χ3n) is 6.12. The van der Waals surface area contributed by atoms with E-state index in [0.717, 1.165) is 36.3 Å². The van der Waals surface area contributed by atoms with E-state index < -0.39 is 0 Å². The first kappa shape index (κ1) is 26.6. The Bertz CT molecular complexity index is 995. The second-order valence-corrected chi connectivity index (χ2v) is 9.07. The molecule has 0 atom stereocenters. The molecule has 0 aliphatic rings. The number of aryl methyl sites for hydroxylation is 1. The molecule has 35 heavy (non-hydrogen) atoms. The summed E-state index contributed by atoms with van der Waals surface area (Å²) in [6.45, 7) is 5.76. The molecule has 1 heterocycles. The molecule has 0 aliphatic carbocycles. The monoisotopic (exact) mass is 473 g/mol. The van der Waals surface area contributed by atoms with Gasteiger partial charge in [-0.1, -0.05) is 82.7 Å². The fraction of sp³-hybridized carbons (Fsp3) is 0.419. The van der Waals surface area contributed by atoms with Crippen LogP contribution in [0.4, 0.5) is 0 Å². The molecule has 1 aromatic heterocycles. The highest BCUT2D eigenvalue weighted by Crippen LogP contribution is 2.23. The molecule has 0 amide bonds. The molecule has 4 nitrogen and oxygen atoms in total. The van der Waals surface area contributed by atoms with Crippen LogP contribution < -0.4 is 4.74 Å². The number of carbonyl (C=O) groups is 1. The Labute approximate surface area is 210 Å². The maximum atomic E-state index is 12.5. The predicted molar refractivity (Wildman–Crippen MR) is 143 cm³/mol. The second kappa shape index (κ2) is 15.1. The topological polar surface area (TPSA) is 48.4 Å². The molecular weight excluding hydrogens is 434 g/mol. The Morgan fingerprint density at radius 3 is 2.09 bits per heavy atom. The molecule has 0 spiro atoms. The summed E-state index contributed by atoms with van der Waals surface area (Å²) < 4.78 is 11.3. The highest BCUT2D eigenvalue weighted by Gasteiger charge is 2.09. The van der Waals surface area contributed by atoms with E-state index in [0.29, 0.717) is 17.9 Å². The minimum absolute atomic E-state index is 0.337. The Hall–Kier alpha value is -2.98. The molecule has 2 aromatic carbocycles. The zero-order chi connectivity index (χ0) is 24.7. The lowest BCUT2D eigenvalue weighted by atomic mass is 10.0. The zero-order valence-corrected chi connectivity index (χ0v) is 21.3. The van der Waals surface area contributed by atoms with Gasteiger partial charge in [-0.25, -0.2) is 4.79 Å². The number of hydrogen-bond acceptors (Lipinski definition) is 4. The van der Waals surface area contributed by atoms with Gasteiger partial charge in [0.1, 0.15) is 5.75 Å². The fourth-order valence-electron chi connectivity index (χ4n) is 3.93. The van der Waals surface area contributed by atoms with Gasteiger partial charge in [0.05, 0.1) is 17.9 Å². The van der Waals surface area contributed by atoms with Gasteiger partial charge in [0.15, 0.2) is 0 Å². The van der Waals surface area contributed by atoms with Crippen molar-refractivity contribution in [3.05, 3.63) is 83.7 Å². The number of rotatable bonds is 15. The molecule has 0 radical (unpaired) electrons. The minimum Gasteiger partial charge on any atom is -0.423 e. The maximum absolute atomic E-state index is 12.5. The first-order valence-electron chi connectivity index (χ1n) is 13.1. The molecule has 0 N–H and O–H groups in total. The number of esters is 1. The summed E-state index contributed by atoms with van der Waals surface area (Å²) in [6, 6.07) is 19.4. The van der Waals surface area contributed by atoms with Gasteiger partial charge < -0.3 is 9.47 Å². The number of ether oxygens (including phenoxy) is 2. The van der Waals surface area contributed by atoms with Gasteiger partial charge in [-0.2, -0.15) is 0 Å². The van der Waals surface area contributed by atoms with E-state index in [1.807, 2.05) is 66.9 Å². The summed E-state index contributed by atoms with van der Waals surface area (Å²) in [5.41, 5.74) is 4.81. The van der Waals surface area contributed by atoms with Crippen LogP contribution in [0, 0.1) is 0 Å². The quantitative estimate of drug-likeness (QED) is 0.127. The predicted octanol–water partition coefficient (Wildman–Crippen LogP) is 8.19. The van der Waals surface area contributed by atoms with Crippen LogP contribution in [0.5, 0.6) is 5.75 Å². The number of pyridine rings is 1. The van der Waals surface area contributed by atoms with Gasteiger partial charge in [-0.3, -0.25) is 4.98 Å². The molecule has 186 valence electrons. The van der Waals surface area contributed by atoms with E-state index in [9.17, 15) is 4.79 Å². The minimum atomic E-state index is -0.337. The molecule has 0 bridgehead atoms. The number of benzene rings is 2. The Balaban J connectivity index is 1.46. The van der Waals surface area contributed by atoms with Crippen molar-refractivity contribution in [1.82, 2.24) is 4.98 Å². The molecule has 3 aromatic rings. The lowest BCUT2D eigenvalue weighted by Crippen LogP contribution is -2.08. The van der Waals surface area contributed by atoms with E-state index >= 15 is 0 Å². The van der Waals surface area contributed by atoms with Crippen LogP contribution in [0.25, 0.3) is 11.1 Å². The van der Waals surface area contributed by atoms with Gasteiger partial charge in [0.2, 0.25) is 0 Å². The van der Waals surface area contributed by atoms with Crippen molar-refractivity contribution in [3.8, 4) is 16.9 Å². The normalized spacial score (nSPS) is 10.9. The van der Waals surface area contributed by atoms with Crippen LogP contribution in [0.15, 0.2) is 66.9 Å². The Kier molecular flexibility index (Phi) is 11.5. The third-order valence-corrected chi connectivity index (χ3v) is 6.12. The molecule has 4 heteroatoms. The van der Waals surface area contributed by atoms with Crippen LogP contribution in [0.2, 0.25) is 0 Å². The van der Waals surface area contributed by atoms with Crippen LogP contribution in [-0.4, -0.2) is 17.6 Å². The number of unbranched alkanes of at least 4 members (excludes halogenated alkanes) is 6. The molecule has 0 saturated carbocycles. The Morgan fingerprint density at radius 2 is 1.43 bits per heavy atom. The van der Waals surface area contributed by atoms with Gasteiger partial charge in [0, 0.05) is 18.4 Å². The van der Waals surface area contributed by atoms with Crippen LogP contribution in [0.3, 0.4) is 0 Å². The average molecular weight is 474 g/mol. The SMILES string of the molecule is CCCCCCOCc1ccc(-c2ccc(OC(=O)c3ccc(CCCCCC)cc3)cc2)cn1. The highest BCUT2D eigenvalue weighted by molar-refractivity contribution is 5.91. The van der Waals surface area contributed by atoms with Crippen molar-refractivity contribution in [2.45, 2.75) is 78.2 Å². The molecule has 0 saturated heterocycles. The average Bonchev–Trinajstić information content (AvgIpc) is 2.90. The lowest BCUT2D eigenvalue weighted by Gasteiger charge is -2.08. The number of carbonyl (C=O) groups excluding carboxylic acids is 1. The first-order chi connectivity index (χ1) is 17.2. The number of nitrogens with zero attached hydrogens (tertiary/aromatic N) is 1. The lowest BCUT2D eigenvalue weighted by molar-refractivity contribution is 0.0734. The van der Waals surface area contributed by atoms with Crippen LogP contribution in [-0.2, 0) is 17.8 Å². The number of hydrogen-bond donors (Lipinski definition) is 0. The summed E-state index contributed by atoms with van der Waals surface area (Å²) in [6.07, 6.45) is 12.7. The van der Waals surface area contributed by atoms with Crippen molar-refractivity contribution >= 4 is 5.97 Å². The summed E-state index contributed by atoms with van der Waals surface area (Å²) in [5, 5.41) is 0. The van der Waals surface area contributed by atoms with E-state index in [1.165, 1.54) is 50.5 Å². The second-order valence-electron chi connectivity index (χ2n) is 9.07. The smallest absolute Gasteiger partial charge is 0.343 e. The fourth-order valence-corrected chi connectivity index (χ4v) is 3.93. The summed E-state index contributed by atoms with van der Waals surface area (Å²) in [4.78, 5) is 17.1. The standard InChI is InChI=1S/C31H39NO3/c1-3-5-7-9-11-25-12-14-27(15-13-25)31(33)35-30-20-17-26(18-21-30)28-16-19-29(32-23-28)24-34-22-10-8-6-4-2/h12-21,23H,3-11,22,24H2,1-2H3.